The summed E-state index contributed by atoms with van der Waals surface area (Å²) in [5, 5.41) is 12.1. The smallest absolute Gasteiger partial charge is 0.274 e. The molecule has 1 aliphatic heterocycles. The minimum atomic E-state index is -0.0295. The van der Waals surface area contributed by atoms with Crippen molar-refractivity contribution in [1.82, 2.24) is 24.9 Å². The number of aromatic amines is 1. The zero-order valence-corrected chi connectivity index (χ0v) is 15.3. The lowest BCUT2D eigenvalue weighted by molar-refractivity contribution is 0.0706. The predicted molar refractivity (Wildman–Crippen MR) is 99.8 cm³/mol. The molecule has 7 heteroatoms. The third-order valence-electron chi connectivity index (χ3n) is 5.00. The van der Waals surface area contributed by atoms with Crippen LogP contribution in [0.25, 0.3) is 5.69 Å². The molecule has 1 aromatic carbocycles. The van der Waals surface area contributed by atoms with E-state index in [9.17, 15) is 4.79 Å². The number of carbonyl (C=O) groups is 1. The Morgan fingerprint density at radius 1 is 1.23 bits per heavy atom. The first-order valence-corrected chi connectivity index (χ1v) is 9.11. The lowest BCUT2D eigenvalue weighted by atomic mass is 9.90. The minimum absolute atomic E-state index is 0.0295. The van der Waals surface area contributed by atoms with Crippen molar-refractivity contribution >= 4 is 17.5 Å². The average molecular weight is 370 g/mol. The molecule has 1 amide bonds. The second kappa shape index (κ2) is 6.96. The Labute approximate surface area is 156 Å². The third kappa shape index (κ3) is 3.12. The Bertz CT molecular complexity index is 923. The molecular formula is C19H20ClN5O. The molecular weight excluding hydrogens is 350 g/mol. The van der Waals surface area contributed by atoms with E-state index in [2.05, 4.69) is 15.3 Å². The molecule has 26 heavy (non-hydrogen) atoms. The molecule has 1 aliphatic rings. The number of halogens is 1. The largest absolute Gasteiger partial charge is 0.337 e. The highest BCUT2D eigenvalue weighted by Crippen LogP contribution is 2.29. The second-order valence-corrected chi connectivity index (χ2v) is 7.02. The van der Waals surface area contributed by atoms with Crippen LogP contribution in [-0.2, 0) is 0 Å². The molecule has 3 aromatic rings. The van der Waals surface area contributed by atoms with Gasteiger partial charge in [-0.25, -0.2) is 4.68 Å². The quantitative estimate of drug-likeness (QED) is 0.767. The van der Waals surface area contributed by atoms with Crippen LogP contribution in [0.1, 0.15) is 40.5 Å². The highest BCUT2D eigenvalue weighted by atomic mass is 35.5. The molecule has 1 saturated heterocycles. The summed E-state index contributed by atoms with van der Waals surface area (Å²) in [6, 6.07) is 9.20. The number of amides is 1. The average Bonchev–Trinajstić information content (AvgIpc) is 3.31. The van der Waals surface area contributed by atoms with Crippen LogP contribution in [0.3, 0.4) is 0 Å². The van der Waals surface area contributed by atoms with E-state index in [1.54, 1.807) is 16.9 Å². The Hall–Kier alpha value is -2.60. The molecule has 0 saturated carbocycles. The molecule has 1 fully saturated rings. The Morgan fingerprint density at radius 2 is 2.00 bits per heavy atom. The number of hydrogen-bond acceptors (Lipinski definition) is 3. The van der Waals surface area contributed by atoms with Crippen molar-refractivity contribution in [3.63, 3.8) is 0 Å². The van der Waals surface area contributed by atoms with E-state index in [1.807, 2.05) is 42.3 Å². The molecule has 3 heterocycles. The van der Waals surface area contributed by atoms with Gasteiger partial charge < -0.3 is 4.90 Å². The molecule has 0 unspecified atom stereocenters. The minimum Gasteiger partial charge on any atom is -0.337 e. The fourth-order valence-electron chi connectivity index (χ4n) is 3.54. The van der Waals surface area contributed by atoms with E-state index in [1.165, 1.54) is 5.56 Å². The van der Waals surface area contributed by atoms with Gasteiger partial charge in [-0.3, -0.25) is 9.89 Å². The maximum atomic E-state index is 12.8. The Kier molecular flexibility index (Phi) is 4.51. The maximum Gasteiger partial charge on any atom is 0.274 e. The van der Waals surface area contributed by atoms with Gasteiger partial charge in [-0.1, -0.05) is 23.7 Å². The summed E-state index contributed by atoms with van der Waals surface area (Å²) < 4.78 is 1.65. The summed E-state index contributed by atoms with van der Waals surface area (Å²) in [6.45, 7) is 3.50. The lowest BCUT2D eigenvalue weighted by Gasteiger charge is -2.31. The number of hydrogen-bond donors (Lipinski definition) is 1. The molecule has 134 valence electrons. The molecule has 6 nitrogen and oxygen atoms in total. The second-order valence-electron chi connectivity index (χ2n) is 6.61. The Morgan fingerprint density at radius 3 is 2.69 bits per heavy atom. The van der Waals surface area contributed by atoms with E-state index < -0.39 is 0 Å². The van der Waals surface area contributed by atoms with E-state index in [0.717, 1.165) is 37.3 Å². The fraction of sp³-hybridized carbons (Fsp3) is 0.316. The highest BCUT2D eigenvalue weighted by Gasteiger charge is 2.27. The number of H-pyrrole nitrogens is 1. The number of para-hydroxylation sites is 1. The first-order valence-electron chi connectivity index (χ1n) is 8.73. The standard InChI is InChI=1S/C19H20ClN5O/c1-13-15(12-21-22-13)14-6-9-24(10-7-14)19(26)17-8-11-25(23-17)18-5-3-2-4-16(18)20/h2-5,8,11-12,14H,6-7,9-10H2,1H3,(H,21,22). The maximum absolute atomic E-state index is 12.8. The number of aryl methyl sites for hydroxylation is 1. The van der Waals surface area contributed by atoms with Crippen LogP contribution in [-0.4, -0.2) is 43.9 Å². The normalized spacial score (nSPS) is 15.4. The zero-order valence-electron chi connectivity index (χ0n) is 14.5. The third-order valence-corrected chi connectivity index (χ3v) is 5.32. The van der Waals surface area contributed by atoms with Crippen LogP contribution in [0.4, 0.5) is 0 Å². The first-order chi connectivity index (χ1) is 12.6. The number of nitrogens with one attached hydrogen (secondary N) is 1. The number of rotatable bonds is 3. The van der Waals surface area contributed by atoms with Gasteiger partial charge in [0.15, 0.2) is 5.69 Å². The van der Waals surface area contributed by atoms with Gasteiger partial charge in [0.25, 0.3) is 5.91 Å². The molecule has 4 rings (SSSR count). The SMILES string of the molecule is Cc1[nH]ncc1C1CCN(C(=O)c2ccn(-c3ccccc3Cl)n2)CC1. The van der Waals surface area contributed by atoms with Gasteiger partial charge in [-0.05, 0) is 49.4 Å². The molecule has 0 radical (unpaired) electrons. The van der Waals surface area contributed by atoms with E-state index in [4.69, 9.17) is 11.6 Å². The van der Waals surface area contributed by atoms with Crippen molar-refractivity contribution in [1.29, 1.82) is 0 Å². The lowest BCUT2D eigenvalue weighted by Crippen LogP contribution is -2.38. The summed E-state index contributed by atoms with van der Waals surface area (Å²) in [5.74, 6) is 0.427. The number of aromatic nitrogens is 4. The van der Waals surface area contributed by atoms with E-state index in [-0.39, 0.29) is 5.91 Å². The van der Waals surface area contributed by atoms with Crippen molar-refractivity contribution in [3.05, 3.63) is 64.7 Å². The van der Waals surface area contributed by atoms with Gasteiger partial charge in [0.1, 0.15) is 0 Å². The number of piperidine rings is 1. The van der Waals surface area contributed by atoms with E-state index >= 15 is 0 Å². The van der Waals surface area contributed by atoms with Crippen LogP contribution >= 0.6 is 11.6 Å². The molecule has 0 bridgehead atoms. The zero-order chi connectivity index (χ0) is 18.1. The van der Waals surface area contributed by atoms with Crippen LogP contribution < -0.4 is 0 Å². The van der Waals surface area contributed by atoms with Crippen LogP contribution in [0, 0.1) is 6.92 Å². The van der Waals surface area contributed by atoms with Crippen molar-refractivity contribution < 1.29 is 4.79 Å². The number of likely N-dealkylation sites (tertiary alicyclic amines) is 1. The molecule has 2 aromatic heterocycles. The first kappa shape index (κ1) is 16.8. The Balaban J connectivity index is 1.45. The van der Waals surface area contributed by atoms with Gasteiger partial charge in [-0.2, -0.15) is 10.2 Å². The van der Waals surface area contributed by atoms with Gasteiger partial charge in [-0.15, -0.1) is 0 Å². The van der Waals surface area contributed by atoms with Gasteiger partial charge in [0, 0.05) is 25.0 Å². The summed E-state index contributed by atoms with van der Waals surface area (Å²) in [7, 11) is 0. The number of nitrogens with zero attached hydrogens (tertiary/aromatic N) is 4. The number of carbonyl (C=O) groups excluding carboxylic acids is 1. The van der Waals surface area contributed by atoms with Crippen molar-refractivity contribution in [2.45, 2.75) is 25.7 Å². The van der Waals surface area contributed by atoms with Gasteiger partial charge in [0.2, 0.25) is 0 Å². The van der Waals surface area contributed by atoms with Gasteiger partial charge in [0.05, 0.1) is 16.9 Å². The molecule has 0 spiro atoms. The van der Waals surface area contributed by atoms with Gasteiger partial charge >= 0.3 is 0 Å². The summed E-state index contributed by atoms with van der Waals surface area (Å²) >= 11 is 6.21. The monoisotopic (exact) mass is 369 g/mol. The summed E-state index contributed by atoms with van der Waals surface area (Å²) in [4.78, 5) is 14.7. The molecule has 0 atom stereocenters. The van der Waals surface area contributed by atoms with E-state index in [0.29, 0.717) is 16.6 Å². The molecule has 0 aliphatic carbocycles. The molecule has 1 N–H and O–H groups in total. The van der Waals surface area contributed by atoms with Crippen LogP contribution in [0.5, 0.6) is 0 Å². The fourth-order valence-corrected chi connectivity index (χ4v) is 3.76. The topological polar surface area (TPSA) is 66.8 Å². The van der Waals surface area contributed by atoms with Crippen LogP contribution in [0.2, 0.25) is 5.02 Å². The van der Waals surface area contributed by atoms with Crippen molar-refractivity contribution in [2.75, 3.05) is 13.1 Å². The predicted octanol–water partition coefficient (Wildman–Crippen LogP) is 3.58. The summed E-state index contributed by atoms with van der Waals surface area (Å²) in [6.07, 6.45) is 5.56. The number of benzene rings is 1. The van der Waals surface area contributed by atoms with Crippen LogP contribution in [0.15, 0.2) is 42.7 Å². The van der Waals surface area contributed by atoms with Crippen molar-refractivity contribution in [3.8, 4) is 5.69 Å². The summed E-state index contributed by atoms with van der Waals surface area (Å²) in [5.41, 5.74) is 3.60. The van der Waals surface area contributed by atoms with Crippen molar-refractivity contribution in [2.24, 2.45) is 0 Å². The highest BCUT2D eigenvalue weighted by molar-refractivity contribution is 6.32.